The fourth-order valence-electron chi connectivity index (χ4n) is 2.20. The number of benzene rings is 2. The van der Waals surface area contributed by atoms with Crippen LogP contribution in [0.2, 0.25) is 0 Å². The monoisotopic (exact) mass is 330 g/mol. The summed E-state index contributed by atoms with van der Waals surface area (Å²) < 4.78 is 21.8. The number of hydrogen-bond donors (Lipinski definition) is 0. The molecule has 0 bridgehead atoms. The van der Waals surface area contributed by atoms with Crippen molar-refractivity contribution in [2.45, 2.75) is 26.6 Å². The number of methoxy groups -OCH3 is 2. The molecule has 128 valence electrons. The molecule has 0 saturated carbocycles. The average molecular weight is 330 g/mol. The third-order valence-corrected chi connectivity index (χ3v) is 3.25. The van der Waals surface area contributed by atoms with Gasteiger partial charge in [-0.1, -0.05) is 30.3 Å². The van der Waals surface area contributed by atoms with E-state index >= 15 is 0 Å². The summed E-state index contributed by atoms with van der Waals surface area (Å²) in [7, 11) is 2.87. The number of carbonyl (C=O) groups is 1. The quantitative estimate of drug-likeness (QED) is 0.722. The minimum atomic E-state index is -0.462. The highest BCUT2D eigenvalue weighted by atomic mass is 16.5. The maximum Gasteiger partial charge on any atom is 0.338 e. The van der Waals surface area contributed by atoms with Crippen molar-refractivity contribution in [3.63, 3.8) is 0 Å². The molecule has 0 aliphatic rings. The van der Waals surface area contributed by atoms with E-state index in [9.17, 15) is 4.79 Å². The molecule has 0 aliphatic carbocycles. The van der Waals surface area contributed by atoms with Crippen LogP contribution in [0.4, 0.5) is 0 Å². The van der Waals surface area contributed by atoms with Crippen LogP contribution < -0.4 is 14.2 Å². The van der Waals surface area contributed by atoms with Gasteiger partial charge >= 0.3 is 5.97 Å². The van der Waals surface area contributed by atoms with Crippen LogP contribution in [0.1, 0.15) is 29.8 Å². The highest BCUT2D eigenvalue weighted by Crippen LogP contribution is 2.39. The van der Waals surface area contributed by atoms with Crippen LogP contribution in [0.5, 0.6) is 17.2 Å². The zero-order valence-electron chi connectivity index (χ0n) is 14.4. The van der Waals surface area contributed by atoms with Crippen LogP contribution in [-0.4, -0.2) is 26.3 Å². The summed E-state index contributed by atoms with van der Waals surface area (Å²) >= 11 is 0. The Balaban J connectivity index is 2.36. The van der Waals surface area contributed by atoms with E-state index in [2.05, 4.69) is 0 Å². The Bertz CT molecular complexity index is 680. The van der Waals surface area contributed by atoms with Crippen molar-refractivity contribution < 1.29 is 23.7 Å². The Morgan fingerprint density at radius 3 is 2.29 bits per heavy atom. The first-order chi connectivity index (χ1) is 11.5. The van der Waals surface area contributed by atoms with Gasteiger partial charge in [-0.2, -0.15) is 0 Å². The number of hydrogen-bond acceptors (Lipinski definition) is 5. The maximum absolute atomic E-state index is 11.9. The van der Waals surface area contributed by atoms with E-state index in [0.717, 1.165) is 5.56 Å². The first-order valence-corrected chi connectivity index (χ1v) is 7.69. The van der Waals surface area contributed by atoms with Gasteiger partial charge < -0.3 is 18.9 Å². The molecule has 0 amide bonds. The molecule has 2 rings (SSSR count). The third-order valence-electron chi connectivity index (χ3n) is 3.25. The summed E-state index contributed by atoms with van der Waals surface area (Å²) in [5.74, 6) is 0.862. The molecular weight excluding hydrogens is 308 g/mol. The molecule has 0 spiro atoms. The molecule has 0 N–H and O–H groups in total. The molecule has 2 aromatic rings. The van der Waals surface area contributed by atoms with Crippen molar-refractivity contribution >= 4 is 5.97 Å². The molecule has 0 aliphatic heterocycles. The van der Waals surface area contributed by atoms with Gasteiger partial charge in [0.1, 0.15) is 6.61 Å². The fourth-order valence-corrected chi connectivity index (χ4v) is 2.20. The van der Waals surface area contributed by atoms with Gasteiger partial charge in [-0.15, -0.1) is 0 Å². The average Bonchev–Trinajstić information content (AvgIpc) is 2.59. The first kappa shape index (κ1) is 17.7. The minimum absolute atomic E-state index is 0.0752. The number of ether oxygens (including phenoxy) is 4. The highest BCUT2D eigenvalue weighted by molar-refractivity contribution is 5.91. The number of carbonyl (C=O) groups excluding carboxylic acids is 1. The predicted molar refractivity (Wildman–Crippen MR) is 90.9 cm³/mol. The van der Waals surface area contributed by atoms with Gasteiger partial charge in [0.15, 0.2) is 11.5 Å². The highest BCUT2D eigenvalue weighted by Gasteiger charge is 2.19. The van der Waals surface area contributed by atoms with Crippen molar-refractivity contribution in [2.75, 3.05) is 14.2 Å². The summed E-state index contributed by atoms with van der Waals surface area (Å²) in [5.41, 5.74) is 1.35. The Labute approximate surface area is 142 Å². The molecule has 0 unspecified atom stereocenters. The smallest absolute Gasteiger partial charge is 0.338 e. The number of rotatable bonds is 7. The normalized spacial score (nSPS) is 10.4. The zero-order chi connectivity index (χ0) is 17.5. The standard InChI is InChI=1S/C19H22O5/c1-13(2)24-17-11-15(19(20)22-4)10-16(18(17)21-3)23-12-14-8-6-5-7-9-14/h5-11,13H,12H2,1-4H3. The molecule has 5 heteroatoms. The van der Waals surface area contributed by atoms with Gasteiger partial charge in [0.25, 0.3) is 0 Å². The molecule has 0 radical (unpaired) electrons. The van der Waals surface area contributed by atoms with E-state index in [1.165, 1.54) is 14.2 Å². The van der Waals surface area contributed by atoms with Crippen molar-refractivity contribution in [3.05, 3.63) is 53.6 Å². The third kappa shape index (κ3) is 4.41. The van der Waals surface area contributed by atoms with Crippen molar-refractivity contribution in [2.24, 2.45) is 0 Å². The second kappa shape index (κ2) is 8.24. The lowest BCUT2D eigenvalue weighted by Gasteiger charge is -2.18. The molecule has 5 nitrogen and oxygen atoms in total. The van der Waals surface area contributed by atoms with E-state index in [1.54, 1.807) is 12.1 Å². The molecule has 0 heterocycles. The SMILES string of the molecule is COC(=O)c1cc(OCc2ccccc2)c(OC)c(OC(C)C)c1. The van der Waals surface area contributed by atoms with Crippen molar-refractivity contribution in [1.82, 2.24) is 0 Å². The first-order valence-electron chi connectivity index (χ1n) is 7.69. The Morgan fingerprint density at radius 2 is 1.71 bits per heavy atom. The zero-order valence-corrected chi connectivity index (χ0v) is 14.4. The second-order valence-corrected chi connectivity index (χ2v) is 5.44. The summed E-state index contributed by atoms with van der Waals surface area (Å²) in [5, 5.41) is 0. The lowest BCUT2D eigenvalue weighted by molar-refractivity contribution is 0.0599. The molecule has 24 heavy (non-hydrogen) atoms. The summed E-state index contributed by atoms with van der Waals surface area (Å²) in [6.07, 6.45) is -0.0752. The Hall–Kier alpha value is -2.69. The van der Waals surface area contributed by atoms with Crippen LogP contribution in [0.3, 0.4) is 0 Å². The van der Waals surface area contributed by atoms with Crippen LogP contribution in [-0.2, 0) is 11.3 Å². The molecule has 0 saturated heterocycles. The number of esters is 1. The second-order valence-electron chi connectivity index (χ2n) is 5.44. The molecule has 0 atom stereocenters. The van der Waals surface area contributed by atoms with E-state index in [0.29, 0.717) is 29.4 Å². The molecule has 0 aromatic heterocycles. The van der Waals surface area contributed by atoms with Crippen LogP contribution in [0.25, 0.3) is 0 Å². The van der Waals surface area contributed by atoms with Gasteiger partial charge in [-0.3, -0.25) is 0 Å². The minimum Gasteiger partial charge on any atom is -0.490 e. The fraction of sp³-hybridized carbons (Fsp3) is 0.316. The summed E-state index contributed by atoms with van der Waals surface area (Å²) in [6, 6.07) is 12.9. The van der Waals surface area contributed by atoms with Gasteiger partial charge in [-0.05, 0) is 31.5 Å². The lowest BCUT2D eigenvalue weighted by atomic mass is 10.1. The van der Waals surface area contributed by atoms with E-state index in [1.807, 2.05) is 44.2 Å². The molecule has 2 aromatic carbocycles. The topological polar surface area (TPSA) is 54.0 Å². The molecule has 0 fully saturated rings. The van der Waals surface area contributed by atoms with Gasteiger partial charge in [-0.25, -0.2) is 4.79 Å². The van der Waals surface area contributed by atoms with Crippen LogP contribution in [0, 0.1) is 0 Å². The lowest BCUT2D eigenvalue weighted by Crippen LogP contribution is -2.10. The van der Waals surface area contributed by atoms with Gasteiger partial charge in [0.05, 0.1) is 25.9 Å². The maximum atomic E-state index is 11.9. The summed E-state index contributed by atoms with van der Waals surface area (Å²) in [4.78, 5) is 11.9. The largest absolute Gasteiger partial charge is 0.490 e. The Morgan fingerprint density at radius 1 is 1.04 bits per heavy atom. The predicted octanol–water partition coefficient (Wildman–Crippen LogP) is 3.85. The van der Waals surface area contributed by atoms with Crippen molar-refractivity contribution in [3.8, 4) is 17.2 Å². The van der Waals surface area contributed by atoms with Crippen LogP contribution >= 0.6 is 0 Å². The summed E-state index contributed by atoms with van der Waals surface area (Å²) in [6.45, 7) is 4.15. The van der Waals surface area contributed by atoms with Gasteiger partial charge in [0, 0.05) is 0 Å². The Kier molecular flexibility index (Phi) is 6.07. The van der Waals surface area contributed by atoms with E-state index < -0.39 is 5.97 Å². The van der Waals surface area contributed by atoms with E-state index in [4.69, 9.17) is 18.9 Å². The van der Waals surface area contributed by atoms with Crippen molar-refractivity contribution in [1.29, 1.82) is 0 Å². The van der Waals surface area contributed by atoms with Gasteiger partial charge in [0.2, 0.25) is 5.75 Å². The molecular formula is C19H22O5. The van der Waals surface area contributed by atoms with Crippen LogP contribution in [0.15, 0.2) is 42.5 Å². The van der Waals surface area contributed by atoms with E-state index in [-0.39, 0.29) is 6.10 Å².